The summed E-state index contributed by atoms with van der Waals surface area (Å²) in [6, 6.07) is 0. The lowest BCUT2D eigenvalue weighted by atomic mass is 10.1. The molecule has 140 valence electrons. The Morgan fingerprint density at radius 3 is 2.50 bits per heavy atom. The molecule has 3 rings (SSSR count). The molecule has 0 aromatic carbocycles. The van der Waals surface area contributed by atoms with Crippen LogP contribution in [0.15, 0.2) is 14.7 Å². The van der Waals surface area contributed by atoms with Gasteiger partial charge in [0.15, 0.2) is 10.9 Å². The van der Waals surface area contributed by atoms with Gasteiger partial charge in [-0.1, -0.05) is 11.8 Å². The van der Waals surface area contributed by atoms with Crippen LogP contribution < -0.4 is 17.0 Å². The average Bonchev–Trinajstić information content (AvgIpc) is 3.39. The Labute approximate surface area is 154 Å². The fraction of sp³-hybridized carbons (Fsp3) is 0.562. The van der Waals surface area contributed by atoms with Crippen LogP contribution in [0.25, 0.3) is 0 Å². The Morgan fingerprint density at radius 1 is 1.27 bits per heavy atom. The largest absolute Gasteiger partial charge is 0.384 e. The summed E-state index contributed by atoms with van der Waals surface area (Å²) in [5.41, 5.74) is 4.47. The maximum atomic E-state index is 12.9. The first-order chi connectivity index (χ1) is 12.3. The zero-order valence-corrected chi connectivity index (χ0v) is 16.0. The predicted molar refractivity (Wildman–Crippen MR) is 98.7 cm³/mol. The van der Waals surface area contributed by atoms with Crippen LogP contribution in [-0.2, 0) is 20.6 Å². The van der Waals surface area contributed by atoms with Crippen molar-refractivity contribution < 1.29 is 4.79 Å². The zero-order valence-electron chi connectivity index (χ0n) is 15.2. The summed E-state index contributed by atoms with van der Waals surface area (Å²) in [5, 5.41) is 8.52. The molecule has 26 heavy (non-hydrogen) atoms. The van der Waals surface area contributed by atoms with Gasteiger partial charge in [0.2, 0.25) is 0 Å². The van der Waals surface area contributed by atoms with E-state index in [0.717, 1.165) is 27.8 Å². The van der Waals surface area contributed by atoms with E-state index in [1.165, 1.54) is 25.9 Å². The number of carbonyl (C=O) groups excluding carboxylic acids is 1. The number of Topliss-reactive ketones (excluding diaryl/α,β-unsaturated/α-hetero) is 1. The number of nitrogens with zero attached hydrogens (tertiary/aromatic N) is 5. The van der Waals surface area contributed by atoms with E-state index in [-0.39, 0.29) is 11.4 Å². The molecule has 1 unspecified atom stereocenters. The van der Waals surface area contributed by atoms with Crippen molar-refractivity contribution in [3.8, 4) is 0 Å². The maximum absolute atomic E-state index is 12.9. The van der Waals surface area contributed by atoms with Crippen LogP contribution in [0.4, 0.5) is 5.82 Å². The number of aromatic nitrogens is 5. The van der Waals surface area contributed by atoms with E-state index in [2.05, 4.69) is 10.2 Å². The van der Waals surface area contributed by atoms with Crippen molar-refractivity contribution >= 4 is 23.4 Å². The molecule has 0 aliphatic heterocycles. The van der Waals surface area contributed by atoms with Crippen LogP contribution in [-0.4, -0.2) is 34.9 Å². The van der Waals surface area contributed by atoms with Crippen molar-refractivity contribution in [2.75, 3.05) is 5.73 Å². The summed E-state index contributed by atoms with van der Waals surface area (Å²) in [6.45, 7) is 4.42. The van der Waals surface area contributed by atoms with E-state index < -0.39 is 22.3 Å². The van der Waals surface area contributed by atoms with Gasteiger partial charge in [0.1, 0.15) is 17.2 Å². The predicted octanol–water partition coefficient (Wildman–Crippen LogP) is 0.519. The molecule has 0 amide bonds. The standard InChI is InChI=1S/C16H22N6O3S/c1-5-22-13(9-6-7-9)18-19-15(22)26-8(2)11(23)10-12(17)20(3)16(25)21(4)14(10)24/h8-9H,5-7,17H2,1-4H3. The normalized spacial score (nSPS) is 15.2. The van der Waals surface area contributed by atoms with Crippen molar-refractivity contribution in [3.63, 3.8) is 0 Å². The van der Waals surface area contributed by atoms with Gasteiger partial charge in [0, 0.05) is 26.6 Å². The van der Waals surface area contributed by atoms with E-state index >= 15 is 0 Å². The van der Waals surface area contributed by atoms with Crippen molar-refractivity contribution in [2.24, 2.45) is 14.1 Å². The molecule has 2 aromatic rings. The molecule has 2 heterocycles. The molecule has 9 nitrogen and oxygen atoms in total. The minimum absolute atomic E-state index is 0.119. The highest BCUT2D eigenvalue weighted by atomic mass is 32.2. The SMILES string of the molecule is CCn1c(SC(C)C(=O)c2c(N)n(C)c(=O)n(C)c2=O)nnc1C1CC1. The average molecular weight is 378 g/mol. The maximum Gasteiger partial charge on any atom is 0.332 e. The van der Waals surface area contributed by atoms with Gasteiger partial charge in [-0.25, -0.2) is 4.79 Å². The van der Waals surface area contributed by atoms with Crippen molar-refractivity contribution in [2.45, 2.75) is 49.6 Å². The van der Waals surface area contributed by atoms with Gasteiger partial charge in [-0.05, 0) is 26.7 Å². The highest BCUT2D eigenvalue weighted by molar-refractivity contribution is 8.00. The first-order valence-electron chi connectivity index (χ1n) is 8.47. The summed E-state index contributed by atoms with van der Waals surface area (Å²) >= 11 is 1.25. The number of hydrogen-bond acceptors (Lipinski definition) is 7. The fourth-order valence-electron chi connectivity index (χ4n) is 2.83. The van der Waals surface area contributed by atoms with Gasteiger partial charge in [0.05, 0.1) is 5.25 Å². The summed E-state index contributed by atoms with van der Waals surface area (Å²) < 4.78 is 4.00. The number of carbonyl (C=O) groups is 1. The van der Waals surface area contributed by atoms with Crippen LogP contribution in [0.2, 0.25) is 0 Å². The fourth-order valence-corrected chi connectivity index (χ4v) is 3.81. The topological polar surface area (TPSA) is 118 Å². The molecule has 0 saturated heterocycles. The van der Waals surface area contributed by atoms with Crippen LogP contribution in [0.5, 0.6) is 0 Å². The molecule has 2 N–H and O–H groups in total. The van der Waals surface area contributed by atoms with Crippen LogP contribution in [0.3, 0.4) is 0 Å². The lowest BCUT2D eigenvalue weighted by Crippen LogP contribution is -2.42. The van der Waals surface area contributed by atoms with Crippen LogP contribution in [0.1, 0.15) is 48.8 Å². The molecule has 0 bridgehead atoms. The molecule has 1 aliphatic rings. The molecule has 1 saturated carbocycles. The second-order valence-electron chi connectivity index (χ2n) is 6.45. The highest BCUT2D eigenvalue weighted by Crippen LogP contribution is 2.40. The summed E-state index contributed by atoms with van der Waals surface area (Å²) in [7, 11) is 2.76. The lowest BCUT2D eigenvalue weighted by molar-refractivity contribution is 0.0992. The zero-order chi connectivity index (χ0) is 19.2. The third-order valence-electron chi connectivity index (χ3n) is 4.61. The molecule has 1 fully saturated rings. The first-order valence-corrected chi connectivity index (χ1v) is 9.35. The number of nitrogen functional groups attached to an aromatic ring is 1. The van der Waals surface area contributed by atoms with Gasteiger partial charge in [-0.3, -0.25) is 18.7 Å². The molecule has 0 spiro atoms. The van der Waals surface area contributed by atoms with E-state index in [1.807, 2.05) is 11.5 Å². The lowest BCUT2D eigenvalue weighted by Gasteiger charge is -2.14. The third kappa shape index (κ3) is 2.98. The molecule has 1 atom stereocenters. The Morgan fingerprint density at radius 2 is 1.92 bits per heavy atom. The molecule has 10 heteroatoms. The van der Waals surface area contributed by atoms with E-state index in [0.29, 0.717) is 17.6 Å². The summed E-state index contributed by atoms with van der Waals surface area (Å²) in [5.74, 6) is 0.857. The minimum Gasteiger partial charge on any atom is -0.384 e. The van der Waals surface area contributed by atoms with Crippen LogP contribution >= 0.6 is 11.8 Å². The molecule has 1 aliphatic carbocycles. The number of rotatable bonds is 6. The monoisotopic (exact) mass is 378 g/mol. The Hall–Kier alpha value is -2.36. The van der Waals surface area contributed by atoms with Gasteiger partial charge in [0.25, 0.3) is 5.56 Å². The third-order valence-corrected chi connectivity index (χ3v) is 5.69. The van der Waals surface area contributed by atoms with Gasteiger partial charge < -0.3 is 10.3 Å². The smallest absolute Gasteiger partial charge is 0.332 e. The molecular formula is C16H22N6O3S. The number of ketones is 1. The number of thioether (sulfide) groups is 1. The van der Waals surface area contributed by atoms with Gasteiger partial charge in [-0.15, -0.1) is 10.2 Å². The van der Waals surface area contributed by atoms with Crippen molar-refractivity contribution in [1.29, 1.82) is 0 Å². The van der Waals surface area contributed by atoms with E-state index in [1.54, 1.807) is 6.92 Å². The molecular weight excluding hydrogens is 356 g/mol. The highest BCUT2D eigenvalue weighted by Gasteiger charge is 2.31. The van der Waals surface area contributed by atoms with E-state index in [4.69, 9.17) is 5.73 Å². The Balaban J connectivity index is 1.92. The second kappa shape index (κ2) is 6.75. The molecule has 2 aromatic heterocycles. The second-order valence-corrected chi connectivity index (χ2v) is 7.76. The number of anilines is 1. The summed E-state index contributed by atoms with van der Waals surface area (Å²) in [6.07, 6.45) is 2.23. The van der Waals surface area contributed by atoms with Crippen molar-refractivity contribution in [1.82, 2.24) is 23.9 Å². The Bertz CT molecular complexity index is 985. The van der Waals surface area contributed by atoms with Gasteiger partial charge >= 0.3 is 5.69 Å². The van der Waals surface area contributed by atoms with Gasteiger partial charge in [-0.2, -0.15) is 0 Å². The van der Waals surface area contributed by atoms with Crippen LogP contribution in [0, 0.1) is 0 Å². The first kappa shape index (κ1) is 18.4. The van der Waals surface area contributed by atoms with Crippen molar-refractivity contribution in [3.05, 3.63) is 32.2 Å². The number of nitrogens with two attached hydrogens (primary N) is 1. The molecule has 0 radical (unpaired) electrons. The minimum atomic E-state index is -0.682. The number of hydrogen-bond donors (Lipinski definition) is 1. The van der Waals surface area contributed by atoms with E-state index in [9.17, 15) is 14.4 Å². The summed E-state index contributed by atoms with van der Waals surface area (Å²) in [4.78, 5) is 37.2. The quantitative estimate of drug-likeness (QED) is 0.575. The Kier molecular flexibility index (Phi) is 4.78.